The number of rotatable bonds is 9. The largest absolute Gasteiger partial charge is 0.352 e. The molecule has 4 aromatic rings. The van der Waals surface area contributed by atoms with Crippen LogP contribution in [-0.4, -0.2) is 38.1 Å². The highest BCUT2D eigenvalue weighted by molar-refractivity contribution is 8.00. The summed E-state index contributed by atoms with van der Waals surface area (Å²) in [6.07, 6.45) is 5.42. The van der Waals surface area contributed by atoms with Crippen molar-refractivity contribution in [3.8, 4) is 11.1 Å². The van der Waals surface area contributed by atoms with Crippen molar-refractivity contribution in [1.29, 1.82) is 0 Å². The van der Waals surface area contributed by atoms with Crippen LogP contribution in [0.3, 0.4) is 0 Å². The molecule has 0 saturated carbocycles. The SMILES string of the molecule is CCNCc1ccccc1-c1cccc2c1SC(c1nc(NCCn3ccnn3)ncc1F)C2. The van der Waals surface area contributed by atoms with E-state index in [1.807, 2.05) is 0 Å². The van der Waals surface area contributed by atoms with Gasteiger partial charge in [0.1, 0.15) is 0 Å². The number of aromatic nitrogens is 5. The van der Waals surface area contributed by atoms with Crippen LogP contribution in [0.4, 0.5) is 10.3 Å². The summed E-state index contributed by atoms with van der Waals surface area (Å²) in [6.45, 7) is 5.03. The fourth-order valence-corrected chi connectivity index (χ4v) is 5.59. The molecule has 2 aromatic carbocycles. The lowest BCUT2D eigenvalue weighted by Gasteiger charge is -2.14. The molecule has 0 spiro atoms. The van der Waals surface area contributed by atoms with Crippen molar-refractivity contribution >= 4 is 17.7 Å². The predicted molar refractivity (Wildman–Crippen MR) is 132 cm³/mol. The highest BCUT2D eigenvalue weighted by Crippen LogP contribution is 2.50. The zero-order valence-electron chi connectivity index (χ0n) is 18.9. The van der Waals surface area contributed by atoms with Crippen LogP contribution < -0.4 is 10.6 Å². The fraction of sp³-hybridized carbons (Fsp3) is 0.280. The molecule has 0 bridgehead atoms. The minimum absolute atomic E-state index is 0.101. The van der Waals surface area contributed by atoms with Gasteiger partial charge in [-0.3, -0.25) is 4.68 Å². The van der Waals surface area contributed by atoms with Gasteiger partial charge in [-0.2, -0.15) is 0 Å². The second kappa shape index (κ2) is 10.3. The Labute approximate surface area is 202 Å². The molecule has 1 aliphatic heterocycles. The average Bonchev–Trinajstić information content (AvgIpc) is 3.54. The van der Waals surface area contributed by atoms with Gasteiger partial charge in [-0.1, -0.05) is 54.6 Å². The first-order valence-electron chi connectivity index (χ1n) is 11.4. The van der Waals surface area contributed by atoms with Gasteiger partial charge in [-0.15, -0.1) is 16.9 Å². The van der Waals surface area contributed by atoms with Crippen molar-refractivity contribution in [2.75, 3.05) is 18.4 Å². The van der Waals surface area contributed by atoms with E-state index in [4.69, 9.17) is 0 Å². The molecule has 5 rings (SSSR count). The summed E-state index contributed by atoms with van der Waals surface area (Å²) in [5.74, 6) is 0.0468. The smallest absolute Gasteiger partial charge is 0.223 e. The van der Waals surface area contributed by atoms with Crippen LogP contribution in [0.2, 0.25) is 0 Å². The molecule has 9 heteroatoms. The molecule has 1 aliphatic rings. The lowest BCUT2D eigenvalue weighted by molar-refractivity contribution is 0.586. The van der Waals surface area contributed by atoms with E-state index in [1.165, 1.54) is 33.3 Å². The van der Waals surface area contributed by atoms with E-state index in [1.54, 1.807) is 28.8 Å². The van der Waals surface area contributed by atoms with Crippen LogP contribution >= 0.6 is 11.8 Å². The van der Waals surface area contributed by atoms with E-state index in [-0.39, 0.29) is 11.1 Å². The van der Waals surface area contributed by atoms with Gasteiger partial charge < -0.3 is 10.6 Å². The summed E-state index contributed by atoms with van der Waals surface area (Å²) in [6, 6.07) is 14.9. The quantitative estimate of drug-likeness (QED) is 0.369. The standard InChI is InChI=1S/C25H26FN7S/c1-2-27-15-18-6-3-4-8-19(18)20-9-5-7-17-14-22(34-24(17)20)23-21(26)16-29-25(31-23)28-10-12-33-13-11-30-32-33/h3-9,11,13,16,22,27H,2,10,12,14-15H2,1H3,(H,28,29,31). The molecular weight excluding hydrogens is 449 g/mol. The third kappa shape index (κ3) is 4.80. The first-order valence-corrected chi connectivity index (χ1v) is 12.3. The predicted octanol–water partition coefficient (Wildman–Crippen LogP) is 4.49. The molecule has 0 fully saturated rings. The number of thioether (sulfide) groups is 1. The molecule has 1 atom stereocenters. The minimum Gasteiger partial charge on any atom is -0.352 e. The van der Waals surface area contributed by atoms with Gasteiger partial charge in [0.05, 0.1) is 29.9 Å². The molecule has 0 amide bonds. The van der Waals surface area contributed by atoms with E-state index < -0.39 is 0 Å². The summed E-state index contributed by atoms with van der Waals surface area (Å²) in [4.78, 5) is 9.87. The number of hydrogen-bond donors (Lipinski definition) is 2. The fourth-order valence-electron chi connectivity index (χ4n) is 4.16. The zero-order valence-corrected chi connectivity index (χ0v) is 19.7. The van der Waals surface area contributed by atoms with Gasteiger partial charge >= 0.3 is 0 Å². The monoisotopic (exact) mass is 475 g/mol. The highest BCUT2D eigenvalue weighted by atomic mass is 32.2. The number of fused-ring (bicyclic) bond motifs is 1. The first-order chi connectivity index (χ1) is 16.7. The maximum atomic E-state index is 14.8. The molecule has 174 valence electrons. The van der Waals surface area contributed by atoms with Gasteiger partial charge in [0.15, 0.2) is 5.82 Å². The molecule has 2 N–H and O–H groups in total. The lowest BCUT2D eigenvalue weighted by atomic mass is 9.96. The number of halogens is 1. The summed E-state index contributed by atoms with van der Waals surface area (Å²) >= 11 is 1.69. The van der Waals surface area contributed by atoms with Crippen molar-refractivity contribution < 1.29 is 4.39 Å². The van der Waals surface area contributed by atoms with Crippen LogP contribution in [0.5, 0.6) is 0 Å². The molecule has 7 nitrogen and oxygen atoms in total. The molecular formula is C25H26FN7S. The van der Waals surface area contributed by atoms with Gasteiger partial charge in [0.2, 0.25) is 5.95 Å². The summed E-state index contributed by atoms with van der Waals surface area (Å²) < 4.78 is 16.5. The van der Waals surface area contributed by atoms with Crippen molar-refractivity contribution in [2.24, 2.45) is 0 Å². The molecule has 0 aliphatic carbocycles. The Morgan fingerprint density at radius 2 is 2.03 bits per heavy atom. The van der Waals surface area contributed by atoms with E-state index in [0.29, 0.717) is 24.7 Å². The van der Waals surface area contributed by atoms with Crippen molar-refractivity contribution in [3.05, 3.63) is 83.7 Å². The third-order valence-electron chi connectivity index (χ3n) is 5.81. The number of nitrogens with one attached hydrogen (secondary N) is 2. The second-order valence-electron chi connectivity index (χ2n) is 8.06. The van der Waals surface area contributed by atoms with Crippen molar-refractivity contribution in [1.82, 2.24) is 30.3 Å². The molecule has 1 unspecified atom stereocenters. The minimum atomic E-state index is -0.374. The van der Waals surface area contributed by atoms with E-state index >= 15 is 0 Å². The van der Waals surface area contributed by atoms with Crippen LogP contribution in [0, 0.1) is 5.82 Å². The van der Waals surface area contributed by atoms with E-state index in [2.05, 4.69) is 80.3 Å². The van der Waals surface area contributed by atoms with Gasteiger partial charge in [0, 0.05) is 24.2 Å². The summed E-state index contributed by atoms with van der Waals surface area (Å²) in [5, 5.41) is 14.2. The van der Waals surface area contributed by atoms with Crippen molar-refractivity contribution in [3.63, 3.8) is 0 Å². The number of hydrogen-bond acceptors (Lipinski definition) is 7. The molecule has 2 aromatic heterocycles. The van der Waals surface area contributed by atoms with Crippen LogP contribution in [0.1, 0.15) is 29.0 Å². The Kier molecular flexibility index (Phi) is 6.82. The summed E-state index contributed by atoms with van der Waals surface area (Å²) in [7, 11) is 0. The van der Waals surface area contributed by atoms with E-state index in [0.717, 1.165) is 19.5 Å². The molecule has 0 saturated heterocycles. The van der Waals surface area contributed by atoms with Gasteiger partial charge in [-0.25, -0.2) is 14.4 Å². The third-order valence-corrected chi connectivity index (χ3v) is 7.20. The number of nitrogens with zero attached hydrogens (tertiary/aromatic N) is 5. The Hall–Kier alpha value is -3.30. The highest BCUT2D eigenvalue weighted by Gasteiger charge is 2.30. The molecule has 34 heavy (non-hydrogen) atoms. The van der Waals surface area contributed by atoms with Crippen LogP contribution in [0.25, 0.3) is 11.1 Å². The second-order valence-corrected chi connectivity index (χ2v) is 9.27. The van der Waals surface area contributed by atoms with Gasteiger partial charge in [-0.05, 0) is 35.2 Å². The lowest BCUT2D eigenvalue weighted by Crippen LogP contribution is -2.14. The van der Waals surface area contributed by atoms with Crippen LogP contribution in [0.15, 0.2) is 66.0 Å². The normalized spacial score (nSPS) is 14.8. The Morgan fingerprint density at radius 3 is 2.88 bits per heavy atom. The average molecular weight is 476 g/mol. The molecule has 0 radical (unpaired) electrons. The Morgan fingerprint density at radius 1 is 1.15 bits per heavy atom. The Balaban J connectivity index is 1.37. The summed E-state index contributed by atoms with van der Waals surface area (Å²) in [5.41, 5.74) is 5.33. The Bertz CT molecular complexity index is 1260. The van der Waals surface area contributed by atoms with Crippen LogP contribution in [-0.2, 0) is 19.5 Å². The van der Waals surface area contributed by atoms with Gasteiger partial charge in [0.25, 0.3) is 0 Å². The molecule has 3 heterocycles. The maximum absolute atomic E-state index is 14.8. The van der Waals surface area contributed by atoms with Crippen molar-refractivity contribution in [2.45, 2.75) is 36.6 Å². The number of benzene rings is 2. The maximum Gasteiger partial charge on any atom is 0.223 e. The van der Waals surface area contributed by atoms with E-state index in [9.17, 15) is 4.39 Å². The number of anilines is 1. The zero-order chi connectivity index (χ0) is 23.3. The topological polar surface area (TPSA) is 80.5 Å². The first kappa shape index (κ1) is 22.5.